The Balaban J connectivity index is 1.36. The Morgan fingerprint density at radius 3 is 2.22 bits per heavy atom. The minimum absolute atomic E-state index is 0.00259. The first-order chi connectivity index (χ1) is 14.9. The predicted octanol–water partition coefficient (Wildman–Crippen LogP) is 2.03. The van der Waals surface area contributed by atoms with Crippen molar-refractivity contribution in [2.75, 3.05) is 5.75 Å². The van der Waals surface area contributed by atoms with E-state index in [1.165, 1.54) is 5.01 Å². The fraction of sp³-hybridized carbons (Fsp3) is 0.609. The molecule has 2 aliphatic carbocycles. The molecule has 6 atom stereocenters. The third-order valence-electron chi connectivity index (χ3n) is 9.62. The number of sulfonamides is 1. The fourth-order valence-corrected chi connectivity index (χ4v) is 9.96. The van der Waals surface area contributed by atoms with Crippen molar-refractivity contribution in [1.82, 2.24) is 14.3 Å². The van der Waals surface area contributed by atoms with Crippen LogP contribution in [0.1, 0.15) is 67.7 Å². The lowest BCUT2D eigenvalue weighted by atomic mass is 9.69. The topological polar surface area (TPSA) is 94.8 Å². The molecule has 1 unspecified atom stereocenters. The highest BCUT2D eigenvalue weighted by Crippen LogP contribution is 2.70. The van der Waals surface area contributed by atoms with Crippen molar-refractivity contribution >= 4 is 27.7 Å². The number of fused-ring (bicyclic) bond motifs is 2. The molecule has 32 heavy (non-hydrogen) atoms. The lowest BCUT2D eigenvalue weighted by Gasteiger charge is -2.37. The Labute approximate surface area is 187 Å². The molecule has 1 aromatic rings. The number of hydrogen-bond donors (Lipinski definition) is 0. The molecule has 6 rings (SSSR count). The number of carbonyl (C=O) groups excluding carboxylic acids is 3. The van der Waals surface area contributed by atoms with Crippen LogP contribution in [-0.2, 0) is 14.8 Å². The Bertz CT molecular complexity index is 1190. The van der Waals surface area contributed by atoms with Crippen molar-refractivity contribution in [3.8, 4) is 0 Å². The molecule has 0 N–H and O–H groups in total. The van der Waals surface area contributed by atoms with Gasteiger partial charge in [-0.3, -0.25) is 14.4 Å². The largest absolute Gasteiger partial charge is 0.276 e. The van der Waals surface area contributed by atoms with Crippen molar-refractivity contribution in [2.45, 2.75) is 64.6 Å². The Morgan fingerprint density at radius 1 is 1.06 bits per heavy atom. The van der Waals surface area contributed by atoms with E-state index in [0.717, 1.165) is 22.2 Å². The fourth-order valence-electron chi connectivity index (χ4n) is 7.34. The molecule has 2 saturated carbocycles. The summed E-state index contributed by atoms with van der Waals surface area (Å²) in [6, 6.07) is 5.75. The van der Waals surface area contributed by atoms with Gasteiger partial charge in [0.2, 0.25) is 10.0 Å². The maximum Gasteiger partial charge on any atom is 0.276 e. The van der Waals surface area contributed by atoms with Crippen LogP contribution in [0.2, 0.25) is 0 Å². The lowest BCUT2D eigenvalue weighted by Crippen LogP contribution is -2.51. The maximum absolute atomic E-state index is 13.9. The monoisotopic (exact) mass is 457 g/mol. The van der Waals surface area contributed by atoms with Gasteiger partial charge in [-0.2, -0.15) is 5.01 Å². The zero-order valence-corrected chi connectivity index (χ0v) is 19.5. The van der Waals surface area contributed by atoms with Gasteiger partial charge in [0.1, 0.15) is 5.54 Å². The highest BCUT2D eigenvalue weighted by molar-refractivity contribution is 7.90. The van der Waals surface area contributed by atoms with E-state index in [4.69, 9.17) is 0 Å². The van der Waals surface area contributed by atoms with Gasteiger partial charge in [0.05, 0.1) is 29.0 Å². The molecule has 1 spiro atoms. The first kappa shape index (κ1) is 20.4. The maximum atomic E-state index is 13.9. The van der Waals surface area contributed by atoms with E-state index in [9.17, 15) is 22.8 Å². The average Bonchev–Trinajstić information content (AvgIpc) is 2.95. The molecule has 3 amide bonds. The molecule has 3 heterocycles. The first-order valence-electron chi connectivity index (χ1n) is 11.2. The molecule has 2 bridgehead atoms. The standard InChI is InChI=1S/C23H27N3O5S/c1-13-22(4,26(13)24-18(27)15-7-5-6-8-16(15)19(24)28)20(29)25-17-11-14-9-10-23(17,21(14,2)3)12-32(25,30)31/h5-8,13-14,17H,9-12H2,1-4H3/t13-,14-,17-,22+,23-,26?/m1/s1. The first-order valence-corrected chi connectivity index (χ1v) is 12.8. The lowest BCUT2D eigenvalue weighted by molar-refractivity contribution is -0.133. The summed E-state index contributed by atoms with van der Waals surface area (Å²) in [5, 5.41) is 2.48. The second kappa shape index (κ2) is 5.62. The molecule has 3 aliphatic heterocycles. The molecule has 4 fully saturated rings. The van der Waals surface area contributed by atoms with Crippen LogP contribution < -0.4 is 0 Å². The molecule has 0 radical (unpaired) electrons. The van der Waals surface area contributed by atoms with Crippen molar-refractivity contribution in [2.24, 2.45) is 16.7 Å². The molecule has 170 valence electrons. The van der Waals surface area contributed by atoms with Crippen molar-refractivity contribution in [3.05, 3.63) is 35.4 Å². The number of carbonyl (C=O) groups is 3. The van der Waals surface area contributed by atoms with E-state index in [1.807, 2.05) is 0 Å². The SMILES string of the molecule is C[C@H]1N(N2C(=O)c3ccccc3C2=O)[C@]1(C)C(=O)N1[C@@H]2C[C@H]3CC[C@]2(CS1(=O)=O)C3(C)C. The Hall–Kier alpha value is -2.26. The number of imide groups is 1. The number of hydrogen-bond acceptors (Lipinski definition) is 6. The minimum atomic E-state index is -3.79. The molecule has 9 heteroatoms. The average molecular weight is 458 g/mol. The predicted molar refractivity (Wildman–Crippen MR) is 115 cm³/mol. The van der Waals surface area contributed by atoms with Gasteiger partial charge in [-0.25, -0.2) is 17.7 Å². The van der Waals surface area contributed by atoms with Crippen LogP contribution in [0.3, 0.4) is 0 Å². The van der Waals surface area contributed by atoms with E-state index < -0.39 is 44.7 Å². The number of rotatable bonds is 2. The van der Waals surface area contributed by atoms with Crippen molar-refractivity contribution < 1.29 is 22.8 Å². The number of nitrogens with zero attached hydrogens (tertiary/aromatic N) is 3. The van der Waals surface area contributed by atoms with Gasteiger partial charge >= 0.3 is 0 Å². The van der Waals surface area contributed by atoms with Gasteiger partial charge < -0.3 is 0 Å². The normalized spacial score (nSPS) is 42.4. The molecular weight excluding hydrogens is 430 g/mol. The van der Waals surface area contributed by atoms with Gasteiger partial charge in [-0.05, 0) is 56.6 Å². The molecule has 2 saturated heterocycles. The van der Waals surface area contributed by atoms with E-state index in [2.05, 4.69) is 13.8 Å². The van der Waals surface area contributed by atoms with Gasteiger partial charge in [-0.15, -0.1) is 0 Å². The van der Waals surface area contributed by atoms with Gasteiger partial charge in [0, 0.05) is 5.41 Å². The second-order valence-electron chi connectivity index (χ2n) is 10.9. The molecular formula is C23H27N3O5S. The summed E-state index contributed by atoms with van der Waals surface area (Å²) in [5.41, 5.74) is -1.22. The van der Waals surface area contributed by atoms with Gasteiger partial charge in [0.25, 0.3) is 17.7 Å². The third kappa shape index (κ3) is 1.99. The van der Waals surface area contributed by atoms with E-state index in [1.54, 1.807) is 38.1 Å². The van der Waals surface area contributed by atoms with Gasteiger partial charge in [-0.1, -0.05) is 26.0 Å². The summed E-state index contributed by atoms with van der Waals surface area (Å²) in [7, 11) is -3.79. The van der Waals surface area contributed by atoms with E-state index in [-0.39, 0.29) is 17.2 Å². The van der Waals surface area contributed by atoms with Crippen molar-refractivity contribution in [1.29, 1.82) is 0 Å². The van der Waals surface area contributed by atoms with Crippen LogP contribution in [0.4, 0.5) is 0 Å². The summed E-state index contributed by atoms with van der Waals surface area (Å²) in [6.07, 6.45) is 2.50. The summed E-state index contributed by atoms with van der Waals surface area (Å²) in [5.74, 6) is -1.08. The highest BCUT2D eigenvalue weighted by Gasteiger charge is 2.76. The van der Waals surface area contributed by atoms with Crippen LogP contribution in [-0.4, -0.2) is 63.8 Å². The molecule has 0 aromatic heterocycles. The quantitative estimate of drug-likeness (QED) is 0.498. The summed E-state index contributed by atoms with van der Waals surface area (Å²) < 4.78 is 27.8. The summed E-state index contributed by atoms with van der Waals surface area (Å²) >= 11 is 0. The van der Waals surface area contributed by atoms with Crippen molar-refractivity contribution in [3.63, 3.8) is 0 Å². The zero-order valence-electron chi connectivity index (χ0n) is 18.7. The second-order valence-corrected chi connectivity index (χ2v) is 12.7. The summed E-state index contributed by atoms with van der Waals surface area (Å²) in [4.78, 5) is 39.9. The third-order valence-corrected chi connectivity index (χ3v) is 11.5. The van der Waals surface area contributed by atoms with Crippen LogP contribution in [0.15, 0.2) is 24.3 Å². The van der Waals surface area contributed by atoms with Gasteiger partial charge in [0.15, 0.2) is 0 Å². The zero-order chi connectivity index (χ0) is 23.0. The minimum Gasteiger partial charge on any atom is -0.271 e. The Kier molecular flexibility index (Phi) is 3.57. The van der Waals surface area contributed by atoms with E-state index >= 15 is 0 Å². The summed E-state index contributed by atoms with van der Waals surface area (Å²) in [6.45, 7) is 7.68. The Morgan fingerprint density at radius 2 is 1.66 bits per heavy atom. The van der Waals surface area contributed by atoms with Crippen LogP contribution in [0.25, 0.3) is 0 Å². The molecule has 1 aromatic carbocycles. The molecule has 8 nitrogen and oxygen atoms in total. The smallest absolute Gasteiger partial charge is 0.271 e. The highest BCUT2D eigenvalue weighted by atomic mass is 32.2. The molecule has 5 aliphatic rings. The number of hydrazine groups is 1. The number of amides is 3. The van der Waals surface area contributed by atoms with Crippen LogP contribution >= 0.6 is 0 Å². The van der Waals surface area contributed by atoms with E-state index in [0.29, 0.717) is 23.5 Å². The van der Waals surface area contributed by atoms with Crippen LogP contribution in [0.5, 0.6) is 0 Å². The van der Waals surface area contributed by atoms with Crippen LogP contribution in [0, 0.1) is 16.7 Å². The number of benzene rings is 1.